The van der Waals surface area contributed by atoms with Gasteiger partial charge in [-0.05, 0) is 12.3 Å². The van der Waals surface area contributed by atoms with E-state index in [0.717, 1.165) is 6.42 Å². The normalized spacial score (nSPS) is 11.2. The molecular weight excluding hydrogens is 248 g/mol. The molecule has 0 aromatic carbocycles. The number of hydrogen-bond donors (Lipinski definition) is 1. The molecule has 0 fully saturated rings. The molecule has 0 bridgehead atoms. The summed E-state index contributed by atoms with van der Waals surface area (Å²) in [4.78, 5) is 10.7. The Morgan fingerprint density at radius 1 is 0.750 bits per heavy atom. The molecule has 0 aliphatic carbocycles. The number of carbonyl (C=O) groups is 1. The van der Waals surface area contributed by atoms with Gasteiger partial charge >= 0.3 is 5.97 Å². The molecule has 2 nitrogen and oxygen atoms in total. The average Bonchev–Trinajstić information content (AvgIpc) is 2.43. The van der Waals surface area contributed by atoms with Crippen molar-refractivity contribution in [3.05, 3.63) is 0 Å². The Morgan fingerprint density at radius 2 is 1.20 bits per heavy atom. The first-order valence-corrected chi connectivity index (χ1v) is 8.92. The van der Waals surface area contributed by atoms with Crippen LogP contribution in [0, 0.1) is 5.92 Å². The van der Waals surface area contributed by atoms with Crippen molar-refractivity contribution >= 4 is 5.97 Å². The van der Waals surface area contributed by atoms with Gasteiger partial charge < -0.3 is 5.11 Å². The molecule has 0 aliphatic heterocycles. The van der Waals surface area contributed by atoms with Crippen molar-refractivity contribution in [3.8, 4) is 0 Å². The highest BCUT2D eigenvalue weighted by Crippen LogP contribution is 2.23. The van der Waals surface area contributed by atoms with Crippen LogP contribution in [0.5, 0.6) is 0 Å². The van der Waals surface area contributed by atoms with E-state index in [1.54, 1.807) is 0 Å². The average molecular weight is 284 g/mol. The first-order chi connectivity index (χ1) is 9.70. The van der Waals surface area contributed by atoms with Crippen LogP contribution in [-0.2, 0) is 4.79 Å². The highest BCUT2D eigenvalue weighted by molar-refractivity contribution is 5.66. The van der Waals surface area contributed by atoms with Crippen molar-refractivity contribution in [3.63, 3.8) is 0 Å². The van der Waals surface area contributed by atoms with Crippen molar-refractivity contribution in [1.29, 1.82) is 0 Å². The van der Waals surface area contributed by atoms with Crippen LogP contribution in [0.25, 0.3) is 0 Å². The SMILES string of the molecule is CCCCCCCC(CCCCCCC)CCC(=O)O. The fourth-order valence-electron chi connectivity index (χ4n) is 2.83. The minimum Gasteiger partial charge on any atom is -0.481 e. The summed E-state index contributed by atoms with van der Waals surface area (Å²) in [5.74, 6) is 0.0151. The maximum Gasteiger partial charge on any atom is 0.303 e. The van der Waals surface area contributed by atoms with E-state index in [-0.39, 0.29) is 0 Å². The smallest absolute Gasteiger partial charge is 0.303 e. The van der Waals surface area contributed by atoms with Gasteiger partial charge in [-0.1, -0.05) is 90.9 Å². The van der Waals surface area contributed by atoms with Gasteiger partial charge in [0.2, 0.25) is 0 Å². The van der Waals surface area contributed by atoms with Gasteiger partial charge in [-0.2, -0.15) is 0 Å². The van der Waals surface area contributed by atoms with Gasteiger partial charge in [-0.3, -0.25) is 4.79 Å². The highest BCUT2D eigenvalue weighted by atomic mass is 16.4. The summed E-state index contributed by atoms with van der Waals surface area (Å²) in [5, 5.41) is 8.85. The zero-order chi connectivity index (χ0) is 15.1. The summed E-state index contributed by atoms with van der Waals surface area (Å²) in [6.45, 7) is 4.48. The predicted molar refractivity (Wildman–Crippen MR) is 87.1 cm³/mol. The molecule has 20 heavy (non-hydrogen) atoms. The maximum atomic E-state index is 10.7. The molecule has 0 aromatic rings. The van der Waals surface area contributed by atoms with E-state index in [1.807, 2.05) is 0 Å². The number of unbranched alkanes of at least 4 members (excludes halogenated alkanes) is 8. The summed E-state index contributed by atoms with van der Waals surface area (Å²) in [6.07, 6.45) is 16.9. The zero-order valence-electron chi connectivity index (χ0n) is 13.8. The third-order valence-electron chi connectivity index (χ3n) is 4.20. The second kappa shape index (κ2) is 14.9. The van der Waals surface area contributed by atoms with Gasteiger partial charge in [0.1, 0.15) is 0 Å². The molecule has 0 radical (unpaired) electrons. The lowest BCUT2D eigenvalue weighted by molar-refractivity contribution is -0.137. The minimum atomic E-state index is -0.632. The molecule has 0 saturated heterocycles. The van der Waals surface area contributed by atoms with Crippen LogP contribution in [0.1, 0.15) is 104 Å². The summed E-state index contributed by atoms with van der Waals surface area (Å²) in [6, 6.07) is 0. The standard InChI is InChI=1S/C18H36O2/c1-3-5-7-9-11-13-17(15-16-18(19)20)14-12-10-8-6-4-2/h17H,3-16H2,1-2H3,(H,19,20). The molecular formula is C18H36O2. The van der Waals surface area contributed by atoms with Crippen LogP contribution in [0.15, 0.2) is 0 Å². The second-order valence-corrected chi connectivity index (χ2v) is 6.20. The Kier molecular flexibility index (Phi) is 14.5. The summed E-state index contributed by atoms with van der Waals surface area (Å²) in [5.41, 5.74) is 0. The van der Waals surface area contributed by atoms with Gasteiger partial charge in [-0.15, -0.1) is 0 Å². The Bertz CT molecular complexity index is 199. The van der Waals surface area contributed by atoms with Crippen molar-refractivity contribution in [2.45, 2.75) is 104 Å². The molecule has 0 unspecified atom stereocenters. The maximum absolute atomic E-state index is 10.7. The quantitative estimate of drug-likeness (QED) is 0.364. The van der Waals surface area contributed by atoms with Crippen molar-refractivity contribution in [2.24, 2.45) is 5.92 Å². The number of carboxylic acids is 1. The second-order valence-electron chi connectivity index (χ2n) is 6.20. The Morgan fingerprint density at radius 3 is 1.60 bits per heavy atom. The summed E-state index contributed by atoms with van der Waals surface area (Å²) >= 11 is 0. The third-order valence-corrected chi connectivity index (χ3v) is 4.20. The molecule has 0 heterocycles. The monoisotopic (exact) mass is 284 g/mol. The summed E-state index contributed by atoms with van der Waals surface area (Å²) < 4.78 is 0. The van der Waals surface area contributed by atoms with Gasteiger partial charge in [0.15, 0.2) is 0 Å². The Hall–Kier alpha value is -0.530. The number of rotatable bonds is 15. The molecule has 0 aliphatic rings. The molecule has 0 spiro atoms. The first-order valence-electron chi connectivity index (χ1n) is 8.92. The predicted octanol–water partition coefficient (Wildman–Crippen LogP) is 6.19. The van der Waals surface area contributed by atoms with Crippen molar-refractivity contribution in [2.75, 3.05) is 0 Å². The lowest BCUT2D eigenvalue weighted by atomic mass is 9.90. The third kappa shape index (κ3) is 13.9. The van der Waals surface area contributed by atoms with Crippen LogP contribution >= 0.6 is 0 Å². The van der Waals surface area contributed by atoms with Crippen LogP contribution in [-0.4, -0.2) is 11.1 Å². The van der Waals surface area contributed by atoms with Crippen LogP contribution in [0.4, 0.5) is 0 Å². The van der Waals surface area contributed by atoms with Crippen molar-refractivity contribution < 1.29 is 9.90 Å². The largest absolute Gasteiger partial charge is 0.481 e. The first kappa shape index (κ1) is 19.5. The molecule has 1 N–H and O–H groups in total. The fraction of sp³-hybridized carbons (Fsp3) is 0.944. The van der Waals surface area contributed by atoms with Crippen molar-refractivity contribution in [1.82, 2.24) is 0 Å². The van der Waals surface area contributed by atoms with E-state index in [2.05, 4.69) is 13.8 Å². The van der Waals surface area contributed by atoms with Gasteiger partial charge in [0.05, 0.1) is 0 Å². The molecule has 0 rings (SSSR count). The van der Waals surface area contributed by atoms with Gasteiger partial charge in [0, 0.05) is 6.42 Å². The number of hydrogen-bond acceptors (Lipinski definition) is 1. The molecule has 2 heteroatoms. The molecule has 0 amide bonds. The van der Waals surface area contributed by atoms with Crippen LogP contribution in [0.3, 0.4) is 0 Å². The van der Waals surface area contributed by atoms with Gasteiger partial charge in [-0.25, -0.2) is 0 Å². The van der Waals surface area contributed by atoms with E-state index in [4.69, 9.17) is 5.11 Å². The minimum absolute atomic E-state index is 0.356. The lowest BCUT2D eigenvalue weighted by Crippen LogP contribution is -2.05. The molecule has 0 aromatic heterocycles. The Labute approximate surface area is 126 Å². The molecule has 0 saturated carbocycles. The van der Waals surface area contributed by atoms with Gasteiger partial charge in [0.25, 0.3) is 0 Å². The van der Waals surface area contributed by atoms with Crippen LogP contribution in [0.2, 0.25) is 0 Å². The topological polar surface area (TPSA) is 37.3 Å². The van der Waals surface area contributed by atoms with E-state index >= 15 is 0 Å². The van der Waals surface area contributed by atoms with Crippen LogP contribution < -0.4 is 0 Å². The van der Waals surface area contributed by atoms with E-state index in [0.29, 0.717) is 12.3 Å². The summed E-state index contributed by atoms with van der Waals surface area (Å²) in [7, 11) is 0. The molecule has 120 valence electrons. The number of carboxylic acid groups (broad SMARTS) is 1. The van der Waals surface area contributed by atoms with E-state index < -0.39 is 5.97 Å². The van der Waals surface area contributed by atoms with E-state index in [1.165, 1.54) is 77.0 Å². The molecule has 0 atom stereocenters. The fourth-order valence-corrected chi connectivity index (χ4v) is 2.83. The highest BCUT2D eigenvalue weighted by Gasteiger charge is 2.10. The Balaban J connectivity index is 3.73. The van der Waals surface area contributed by atoms with E-state index in [9.17, 15) is 4.79 Å². The zero-order valence-corrected chi connectivity index (χ0v) is 13.8. The number of aliphatic carboxylic acids is 1. The lowest BCUT2D eigenvalue weighted by Gasteiger charge is -2.16.